The number of aliphatic hydroxyl groups excluding tert-OH is 1. The lowest BCUT2D eigenvalue weighted by atomic mass is 9.91. The highest BCUT2D eigenvalue weighted by Gasteiger charge is 2.33. The average molecular weight is 781 g/mol. The number of carbonyl (C=O) groups is 4. The molecule has 4 rings (SSSR count). The highest BCUT2D eigenvalue weighted by molar-refractivity contribution is 5.87. The van der Waals surface area contributed by atoms with E-state index in [1.807, 2.05) is 88.4 Å². The minimum atomic E-state index is -1.14. The lowest BCUT2D eigenvalue weighted by Gasteiger charge is -2.32. The van der Waals surface area contributed by atoms with Crippen LogP contribution in [0.5, 0.6) is 0 Å². The van der Waals surface area contributed by atoms with Gasteiger partial charge in [0.1, 0.15) is 25.3 Å². The van der Waals surface area contributed by atoms with Crippen molar-refractivity contribution in [3.8, 4) is 0 Å². The summed E-state index contributed by atoms with van der Waals surface area (Å²) in [5.41, 5.74) is 2.93. The molecule has 0 saturated carbocycles. The Morgan fingerprint density at radius 2 is 1.04 bits per heavy atom. The van der Waals surface area contributed by atoms with Crippen molar-refractivity contribution in [3.05, 3.63) is 132 Å². The van der Waals surface area contributed by atoms with Crippen LogP contribution < -0.4 is 21.3 Å². The third-order valence-electron chi connectivity index (χ3n) is 9.98. The van der Waals surface area contributed by atoms with Crippen molar-refractivity contribution in [3.63, 3.8) is 0 Å². The number of aromatic nitrogens is 2. The van der Waals surface area contributed by atoms with E-state index in [0.29, 0.717) is 30.7 Å². The zero-order valence-corrected chi connectivity index (χ0v) is 33.2. The number of nitrogens with one attached hydrogen (secondary N) is 4. The standard InChI is InChI=1S/C44H56N6O7/c1-5-30(3)39(49-43(54)56-28-34-21-13-15-23-45-34)41(52)47-36(25-32-17-9-7-10-18-32)27-38(51)37(26-33-19-11-8-12-20-33)48-42(53)40(31(4)6-2)50-44(55)57-29-35-22-14-16-24-46-35/h7-24,30-31,36-40,51H,5-6,25-29H2,1-4H3,(H,47,52)(H,48,53)(H,49,54)(H,50,55)/t30-,31-,36-,37-,38-,39-,40-/m0/s1. The van der Waals surface area contributed by atoms with Gasteiger partial charge in [0.15, 0.2) is 0 Å². The van der Waals surface area contributed by atoms with E-state index in [1.165, 1.54) is 0 Å². The highest BCUT2D eigenvalue weighted by Crippen LogP contribution is 2.17. The van der Waals surface area contributed by atoms with Gasteiger partial charge < -0.3 is 35.8 Å². The number of carbonyl (C=O) groups excluding carboxylic acids is 4. The van der Waals surface area contributed by atoms with Crippen molar-refractivity contribution in [2.24, 2.45) is 11.8 Å². The normalized spacial score (nSPS) is 14.7. The SMILES string of the molecule is CC[C@H](C)[C@H](NC(=O)OCc1ccccn1)C(=O)N[C@@H](Cc1ccccc1)C[C@H](O)[C@H](Cc1ccccc1)NC(=O)[C@@H](NC(=O)OCc1ccccn1)[C@@H](C)CC. The summed E-state index contributed by atoms with van der Waals surface area (Å²) in [6.45, 7) is 7.44. The molecular weight excluding hydrogens is 725 g/mol. The van der Waals surface area contributed by atoms with Crippen molar-refractivity contribution >= 4 is 24.0 Å². The van der Waals surface area contributed by atoms with E-state index >= 15 is 0 Å². The van der Waals surface area contributed by atoms with E-state index in [-0.39, 0.29) is 37.9 Å². The van der Waals surface area contributed by atoms with Crippen LogP contribution in [0, 0.1) is 11.8 Å². The molecule has 0 bridgehead atoms. The van der Waals surface area contributed by atoms with Gasteiger partial charge in [-0.25, -0.2) is 9.59 Å². The molecule has 2 aromatic heterocycles. The van der Waals surface area contributed by atoms with Gasteiger partial charge in [0, 0.05) is 18.4 Å². The number of aliphatic hydroxyl groups is 1. The Morgan fingerprint density at radius 1 is 0.596 bits per heavy atom. The first kappa shape index (κ1) is 43.9. The summed E-state index contributed by atoms with van der Waals surface area (Å²) in [5, 5.41) is 23.6. The molecule has 4 amide bonds. The molecule has 7 atom stereocenters. The van der Waals surface area contributed by atoms with Gasteiger partial charge >= 0.3 is 12.2 Å². The average Bonchev–Trinajstić information content (AvgIpc) is 3.23. The second kappa shape index (κ2) is 23.3. The molecule has 13 nitrogen and oxygen atoms in total. The first-order valence-electron chi connectivity index (χ1n) is 19.6. The molecule has 0 saturated heterocycles. The molecular formula is C44H56N6O7. The molecule has 0 radical (unpaired) electrons. The predicted molar refractivity (Wildman–Crippen MR) is 216 cm³/mol. The number of amides is 4. The van der Waals surface area contributed by atoms with Crippen LogP contribution in [0.3, 0.4) is 0 Å². The highest BCUT2D eigenvalue weighted by atomic mass is 16.6. The molecule has 0 unspecified atom stereocenters. The van der Waals surface area contributed by atoms with Gasteiger partial charge in [0.05, 0.1) is 23.5 Å². The van der Waals surface area contributed by atoms with E-state index in [1.54, 1.807) is 48.8 Å². The first-order chi connectivity index (χ1) is 27.6. The van der Waals surface area contributed by atoms with E-state index in [9.17, 15) is 24.3 Å². The lowest BCUT2D eigenvalue weighted by Crippen LogP contribution is -2.57. The van der Waals surface area contributed by atoms with Crippen LogP contribution in [0.25, 0.3) is 0 Å². The van der Waals surface area contributed by atoms with Crippen LogP contribution >= 0.6 is 0 Å². The van der Waals surface area contributed by atoms with Crippen molar-refractivity contribution in [2.75, 3.05) is 0 Å². The molecule has 13 heteroatoms. The number of rotatable bonds is 21. The Bertz CT molecular complexity index is 1800. The molecule has 2 heterocycles. The first-order valence-corrected chi connectivity index (χ1v) is 19.6. The van der Waals surface area contributed by atoms with E-state index in [4.69, 9.17) is 9.47 Å². The Hall–Kier alpha value is -5.82. The molecule has 0 aliphatic heterocycles. The van der Waals surface area contributed by atoms with E-state index in [0.717, 1.165) is 11.1 Å². The molecule has 4 aromatic rings. The number of benzene rings is 2. The molecule has 2 aromatic carbocycles. The maximum atomic E-state index is 14.0. The van der Waals surface area contributed by atoms with Crippen LogP contribution in [-0.4, -0.2) is 69.3 Å². The summed E-state index contributed by atoms with van der Waals surface area (Å²) >= 11 is 0. The van der Waals surface area contributed by atoms with Crippen molar-refractivity contribution in [2.45, 2.75) is 103 Å². The van der Waals surface area contributed by atoms with Crippen molar-refractivity contribution in [1.82, 2.24) is 31.2 Å². The number of hydrogen-bond donors (Lipinski definition) is 5. The third-order valence-corrected chi connectivity index (χ3v) is 9.98. The summed E-state index contributed by atoms with van der Waals surface area (Å²) in [4.78, 5) is 62.2. The van der Waals surface area contributed by atoms with Gasteiger partial charge in [-0.3, -0.25) is 19.6 Å². The summed E-state index contributed by atoms with van der Waals surface area (Å²) in [6, 6.07) is 26.3. The molecule has 304 valence electrons. The van der Waals surface area contributed by atoms with Gasteiger partial charge in [-0.2, -0.15) is 0 Å². The largest absolute Gasteiger partial charge is 0.443 e. The Kier molecular flexibility index (Phi) is 17.9. The Labute approximate surface area is 335 Å². The maximum Gasteiger partial charge on any atom is 0.408 e. The van der Waals surface area contributed by atoms with Crippen LogP contribution in [0.1, 0.15) is 69.5 Å². The topological polar surface area (TPSA) is 181 Å². The molecule has 0 aliphatic rings. The van der Waals surface area contributed by atoms with E-state index in [2.05, 4.69) is 31.2 Å². The number of nitrogens with zero attached hydrogens (tertiary/aromatic N) is 2. The lowest BCUT2D eigenvalue weighted by molar-refractivity contribution is -0.127. The second-order valence-electron chi connectivity index (χ2n) is 14.3. The minimum Gasteiger partial charge on any atom is -0.443 e. The zero-order chi connectivity index (χ0) is 41.0. The fourth-order valence-corrected chi connectivity index (χ4v) is 6.25. The van der Waals surface area contributed by atoms with Gasteiger partial charge in [-0.05, 0) is 66.5 Å². The fourth-order valence-electron chi connectivity index (χ4n) is 6.25. The fraction of sp³-hybridized carbons (Fsp3) is 0.409. The van der Waals surface area contributed by atoms with Gasteiger partial charge in [-0.15, -0.1) is 0 Å². The van der Waals surface area contributed by atoms with Crippen LogP contribution in [0.4, 0.5) is 9.59 Å². The maximum absolute atomic E-state index is 14.0. The number of hydrogen-bond acceptors (Lipinski definition) is 9. The van der Waals surface area contributed by atoms with Crippen LogP contribution in [-0.2, 0) is 45.1 Å². The number of alkyl carbamates (subject to hydrolysis) is 2. The minimum absolute atomic E-state index is 0.0569. The molecule has 0 spiro atoms. The summed E-state index contributed by atoms with van der Waals surface area (Å²) in [7, 11) is 0. The number of ether oxygens (including phenoxy) is 2. The Balaban J connectivity index is 1.52. The predicted octanol–water partition coefficient (Wildman–Crippen LogP) is 5.66. The smallest absolute Gasteiger partial charge is 0.408 e. The monoisotopic (exact) mass is 780 g/mol. The van der Waals surface area contributed by atoms with Crippen LogP contribution in [0.15, 0.2) is 109 Å². The molecule has 0 fully saturated rings. The molecule has 0 aliphatic carbocycles. The van der Waals surface area contributed by atoms with Gasteiger partial charge in [-0.1, -0.05) is 113 Å². The van der Waals surface area contributed by atoms with Crippen LogP contribution in [0.2, 0.25) is 0 Å². The summed E-state index contributed by atoms with van der Waals surface area (Å²) in [6.07, 6.45) is 2.42. The molecule has 5 N–H and O–H groups in total. The van der Waals surface area contributed by atoms with Crippen molar-refractivity contribution < 1.29 is 33.8 Å². The summed E-state index contributed by atoms with van der Waals surface area (Å²) < 4.78 is 10.8. The van der Waals surface area contributed by atoms with Gasteiger partial charge in [0.2, 0.25) is 11.8 Å². The summed E-state index contributed by atoms with van der Waals surface area (Å²) in [5.74, 6) is -1.43. The van der Waals surface area contributed by atoms with Crippen molar-refractivity contribution in [1.29, 1.82) is 0 Å². The zero-order valence-electron chi connectivity index (χ0n) is 33.2. The Morgan fingerprint density at radius 3 is 1.47 bits per heavy atom. The van der Waals surface area contributed by atoms with E-state index < -0.39 is 54.3 Å². The number of pyridine rings is 2. The second-order valence-corrected chi connectivity index (χ2v) is 14.3. The van der Waals surface area contributed by atoms with Gasteiger partial charge in [0.25, 0.3) is 0 Å². The molecule has 57 heavy (non-hydrogen) atoms. The quantitative estimate of drug-likeness (QED) is 0.0713. The third kappa shape index (κ3) is 15.0.